The summed E-state index contributed by atoms with van der Waals surface area (Å²) in [6.45, 7) is 2.99. The zero-order chi connectivity index (χ0) is 17.7. The Morgan fingerprint density at radius 1 is 1.40 bits per heavy atom. The number of sulfonamides is 1. The number of aromatic nitrogens is 3. The summed E-state index contributed by atoms with van der Waals surface area (Å²) in [7, 11) is -1.28. The van der Waals surface area contributed by atoms with E-state index in [2.05, 4.69) is 24.6 Å². The van der Waals surface area contributed by atoms with Gasteiger partial charge in [-0.05, 0) is 18.9 Å². The average Bonchev–Trinajstić information content (AvgIpc) is 2.96. The van der Waals surface area contributed by atoms with E-state index in [1.807, 2.05) is 26.2 Å². The SMILES string of the molecule is CN(c1ncnc2[nH]ccc12)C1CC(NS(=O)(=O)CC2(C)COC2)C1. The normalized spacial score (nSPS) is 25.4. The molecule has 2 N–H and O–H groups in total. The molecule has 1 aliphatic heterocycles. The molecule has 0 radical (unpaired) electrons. The minimum absolute atomic E-state index is 0.00871. The number of aromatic amines is 1. The summed E-state index contributed by atoms with van der Waals surface area (Å²) in [6.07, 6.45) is 4.95. The fraction of sp³-hybridized carbons (Fsp3) is 0.625. The highest BCUT2D eigenvalue weighted by Gasteiger charge is 2.41. The molecule has 2 aromatic heterocycles. The van der Waals surface area contributed by atoms with Crippen LogP contribution < -0.4 is 9.62 Å². The number of nitrogens with zero attached hydrogens (tertiary/aromatic N) is 3. The third kappa shape index (κ3) is 3.23. The molecule has 136 valence electrons. The van der Waals surface area contributed by atoms with Crippen molar-refractivity contribution in [3.05, 3.63) is 18.6 Å². The molecular formula is C16H23N5O3S. The van der Waals surface area contributed by atoms with Crippen molar-refractivity contribution in [2.45, 2.75) is 31.8 Å². The molecule has 1 aliphatic carbocycles. The van der Waals surface area contributed by atoms with Crippen LogP contribution in [-0.4, -0.2) is 61.5 Å². The molecule has 0 aromatic carbocycles. The van der Waals surface area contributed by atoms with E-state index in [0.717, 1.165) is 29.7 Å². The van der Waals surface area contributed by atoms with E-state index in [9.17, 15) is 8.42 Å². The van der Waals surface area contributed by atoms with Crippen LogP contribution >= 0.6 is 0 Å². The van der Waals surface area contributed by atoms with Gasteiger partial charge in [-0.1, -0.05) is 6.92 Å². The van der Waals surface area contributed by atoms with Gasteiger partial charge in [-0.3, -0.25) is 0 Å². The van der Waals surface area contributed by atoms with Gasteiger partial charge in [-0.25, -0.2) is 23.1 Å². The van der Waals surface area contributed by atoms with E-state index in [4.69, 9.17) is 4.74 Å². The monoisotopic (exact) mass is 365 g/mol. The van der Waals surface area contributed by atoms with E-state index in [-0.39, 0.29) is 23.3 Å². The molecule has 3 heterocycles. The van der Waals surface area contributed by atoms with E-state index < -0.39 is 10.0 Å². The third-order valence-electron chi connectivity index (χ3n) is 5.11. The highest BCUT2D eigenvalue weighted by atomic mass is 32.2. The van der Waals surface area contributed by atoms with Gasteiger partial charge in [-0.15, -0.1) is 0 Å². The third-order valence-corrected chi connectivity index (χ3v) is 6.88. The van der Waals surface area contributed by atoms with Crippen LogP contribution in [0.3, 0.4) is 0 Å². The quantitative estimate of drug-likeness (QED) is 0.788. The van der Waals surface area contributed by atoms with E-state index >= 15 is 0 Å². The molecule has 0 spiro atoms. The molecular weight excluding hydrogens is 342 g/mol. The van der Waals surface area contributed by atoms with Crippen molar-refractivity contribution >= 4 is 26.9 Å². The van der Waals surface area contributed by atoms with Gasteiger partial charge in [0.05, 0.1) is 24.4 Å². The van der Waals surface area contributed by atoms with Crippen molar-refractivity contribution < 1.29 is 13.2 Å². The predicted molar refractivity (Wildman–Crippen MR) is 95.0 cm³/mol. The van der Waals surface area contributed by atoms with Crippen LogP contribution in [0.5, 0.6) is 0 Å². The Labute approximate surface area is 147 Å². The van der Waals surface area contributed by atoms with Crippen molar-refractivity contribution in [3.63, 3.8) is 0 Å². The number of ether oxygens (including phenoxy) is 1. The number of H-pyrrole nitrogens is 1. The largest absolute Gasteiger partial charge is 0.380 e. The number of nitrogens with one attached hydrogen (secondary N) is 2. The Morgan fingerprint density at radius 3 is 2.84 bits per heavy atom. The van der Waals surface area contributed by atoms with E-state index in [0.29, 0.717) is 13.2 Å². The molecule has 2 aliphatic rings. The summed E-state index contributed by atoms with van der Waals surface area (Å²) < 4.78 is 32.6. The van der Waals surface area contributed by atoms with Gasteiger partial charge in [0.15, 0.2) is 0 Å². The summed E-state index contributed by atoms with van der Waals surface area (Å²) in [5.74, 6) is 1.00. The maximum Gasteiger partial charge on any atom is 0.212 e. The Kier molecular flexibility index (Phi) is 3.97. The van der Waals surface area contributed by atoms with Crippen LogP contribution in [0.25, 0.3) is 11.0 Å². The zero-order valence-corrected chi connectivity index (χ0v) is 15.2. The molecule has 0 bridgehead atoms. The highest BCUT2D eigenvalue weighted by Crippen LogP contribution is 2.32. The number of anilines is 1. The number of hydrogen-bond donors (Lipinski definition) is 2. The summed E-state index contributed by atoms with van der Waals surface area (Å²) in [4.78, 5) is 13.8. The zero-order valence-electron chi connectivity index (χ0n) is 14.4. The lowest BCUT2D eigenvalue weighted by molar-refractivity contribution is -0.0871. The number of hydrogen-bond acceptors (Lipinski definition) is 6. The first-order valence-corrected chi connectivity index (χ1v) is 10.1. The van der Waals surface area contributed by atoms with Crippen LogP contribution in [0.2, 0.25) is 0 Å². The molecule has 0 unspecified atom stereocenters. The summed E-state index contributed by atoms with van der Waals surface area (Å²) >= 11 is 0. The van der Waals surface area contributed by atoms with Crippen LogP contribution in [-0.2, 0) is 14.8 Å². The smallest absolute Gasteiger partial charge is 0.212 e. The molecule has 8 nitrogen and oxygen atoms in total. The first-order chi connectivity index (χ1) is 11.9. The summed E-state index contributed by atoms with van der Waals surface area (Å²) in [5, 5.41) is 0.979. The fourth-order valence-corrected chi connectivity index (χ4v) is 5.47. The van der Waals surface area contributed by atoms with E-state index in [1.54, 1.807) is 6.33 Å². The first-order valence-electron chi connectivity index (χ1n) is 8.44. The van der Waals surface area contributed by atoms with Crippen LogP contribution in [0.4, 0.5) is 5.82 Å². The molecule has 2 aromatic rings. The topological polar surface area (TPSA) is 100 Å². The lowest BCUT2D eigenvalue weighted by Crippen LogP contribution is -2.55. The number of rotatable bonds is 6. The Balaban J connectivity index is 1.36. The molecule has 1 saturated heterocycles. The molecule has 25 heavy (non-hydrogen) atoms. The molecule has 1 saturated carbocycles. The lowest BCUT2D eigenvalue weighted by Gasteiger charge is -2.43. The van der Waals surface area contributed by atoms with Crippen molar-refractivity contribution in [1.82, 2.24) is 19.7 Å². The maximum absolute atomic E-state index is 12.3. The van der Waals surface area contributed by atoms with E-state index in [1.165, 1.54) is 0 Å². The standard InChI is InChI=1S/C16H23N5O3S/c1-16(7-24-8-16)9-25(22,23)20-11-5-12(6-11)21(2)15-13-3-4-17-14(13)18-10-19-15/h3-4,10-12,20H,5-9H2,1-2H3,(H,17,18,19). The summed E-state index contributed by atoms with van der Waals surface area (Å²) in [5.41, 5.74) is 0.566. The lowest BCUT2D eigenvalue weighted by atomic mass is 9.86. The molecule has 0 atom stereocenters. The number of fused-ring (bicyclic) bond motifs is 1. The van der Waals surface area contributed by atoms with Gasteiger partial charge < -0.3 is 14.6 Å². The molecule has 0 amide bonds. The van der Waals surface area contributed by atoms with Gasteiger partial charge in [0.2, 0.25) is 10.0 Å². The molecule has 9 heteroatoms. The van der Waals surface area contributed by atoms with Gasteiger partial charge in [0.25, 0.3) is 0 Å². The molecule has 2 fully saturated rings. The van der Waals surface area contributed by atoms with Crippen LogP contribution in [0.1, 0.15) is 19.8 Å². The Bertz CT molecular complexity index is 871. The van der Waals surface area contributed by atoms with Crippen LogP contribution in [0, 0.1) is 5.41 Å². The van der Waals surface area contributed by atoms with Crippen LogP contribution in [0.15, 0.2) is 18.6 Å². The van der Waals surface area contributed by atoms with Crippen molar-refractivity contribution in [3.8, 4) is 0 Å². The second kappa shape index (κ2) is 5.93. The second-order valence-electron chi connectivity index (χ2n) is 7.55. The first kappa shape index (κ1) is 16.7. The Morgan fingerprint density at radius 2 is 2.16 bits per heavy atom. The van der Waals surface area contributed by atoms with Crippen molar-refractivity contribution in [1.29, 1.82) is 0 Å². The average molecular weight is 365 g/mol. The van der Waals surface area contributed by atoms with Gasteiger partial charge in [-0.2, -0.15) is 0 Å². The minimum atomic E-state index is -3.28. The Hall–Kier alpha value is -1.71. The van der Waals surface area contributed by atoms with Gasteiger partial charge >= 0.3 is 0 Å². The maximum atomic E-state index is 12.3. The second-order valence-corrected chi connectivity index (χ2v) is 9.30. The summed E-state index contributed by atoms with van der Waals surface area (Å²) in [6, 6.07) is 2.22. The minimum Gasteiger partial charge on any atom is -0.380 e. The van der Waals surface area contributed by atoms with Crippen molar-refractivity contribution in [2.24, 2.45) is 5.41 Å². The van der Waals surface area contributed by atoms with Gasteiger partial charge in [0.1, 0.15) is 17.8 Å². The molecule has 4 rings (SSSR count). The fourth-order valence-electron chi connectivity index (χ4n) is 3.60. The van der Waals surface area contributed by atoms with Crippen molar-refractivity contribution in [2.75, 3.05) is 30.9 Å². The predicted octanol–water partition coefficient (Wildman–Crippen LogP) is 0.881. The van der Waals surface area contributed by atoms with Gasteiger partial charge in [0, 0.05) is 30.7 Å². The highest BCUT2D eigenvalue weighted by molar-refractivity contribution is 7.89.